The number of hydrogen-bond acceptors (Lipinski definition) is 4. The summed E-state index contributed by atoms with van der Waals surface area (Å²) >= 11 is 0. The molecule has 104 valence electrons. The molecule has 1 aromatic carbocycles. The number of benzene rings is 1. The predicted molar refractivity (Wildman–Crippen MR) is 73.5 cm³/mol. The van der Waals surface area contributed by atoms with E-state index in [0.29, 0.717) is 11.4 Å². The van der Waals surface area contributed by atoms with E-state index in [1.165, 1.54) is 29.1 Å². The van der Waals surface area contributed by atoms with Crippen LogP contribution in [0.5, 0.6) is 0 Å². The van der Waals surface area contributed by atoms with Gasteiger partial charge in [-0.2, -0.15) is 4.39 Å². The van der Waals surface area contributed by atoms with E-state index < -0.39 is 11.9 Å². The zero-order chi connectivity index (χ0) is 14.7. The van der Waals surface area contributed by atoms with Crippen LogP contribution in [0.1, 0.15) is 10.5 Å². The van der Waals surface area contributed by atoms with Gasteiger partial charge in [0.2, 0.25) is 5.95 Å². The molecule has 21 heavy (non-hydrogen) atoms. The molecule has 0 aliphatic heterocycles. The number of halogens is 1. The van der Waals surface area contributed by atoms with E-state index in [0.717, 1.165) is 0 Å². The molecule has 0 aliphatic rings. The van der Waals surface area contributed by atoms with Gasteiger partial charge in [0, 0.05) is 0 Å². The summed E-state index contributed by atoms with van der Waals surface area (Å²) in [5.74, 6) is -1.20. The molecule has 1 N–H and O–H groups in total. The smallest absolute Gasteiger partial charge is 0.274 e. The molecule has 3 rings (SSSR count). The summed E-state index contributed by atoms with van der Waals surface area (Å²) in [5, 5.41) is 10.3. The van der Waals surface area contributed by atoms with Crippen molar-refractivity contribution in [2.24, 2.45) is 0 Å². The first-order valence-electron chi connectivity index (χ1n) is 6.14. The van der Waals surface area contributed by atoms with Gasteiger partial charge in [0.05, 0.1) is 23.8 Å². The number of aromatic nitrogens is 4. The molecule has 0 bridgehead atoms. The maximum atomic E-state index is 13.1. The van der Waals surface area contributed by atoms with Crippen molar-refractivity contribution in [3.8, 4) is 5.69 Å². The average molecular weight is 283 g/mol. The third-order valence-electron chi connectivity index (χ3n) is 2.77. The van der Waals surface area contributed by atoms with Gasteiger partial charge in [-0.05, 0) is 24.3 Å². The van der Waals surface area contributed by atoms with E-state index in [-0.39, 0.29) is 5.69 Å². The van der Waals surface area contributed by atoms with Gasteiger partial charge >= 0.3 is 0 Å². The number of carbonyl (C=O) groups is 1. The molecule has 6 nitrogen and oxygen atoms in total. The Morgan fingerprint density at radius 2 is 2.00 bits per heavy atom. The van der Waals surface area contributed by atoms with Gasteiger partial charge in [0.25, 0.3) is 5.91 Å². The Morgan fingerprint density at radius 3 is 2.76 bits per heavy atom. The standard InChI is InChI=1S/C14H10FN5O/c15-13-7-3-5-11(17-13)14(21)18-10-4-1-2-6-12(10)20-9-8-16-19-20/h1-9H,(H,18,21). The fourth-order valence-electron chi connectivity index (χ4n) is 1.84. The van der Waals surface area contributed by atoms with Crippen LogP contribution < -0.4 is 5.32 Å². The van der Waals surface area contributed by atoms with Crippen LogP contribution in [0.3, 0.4) is 0 Å². The van der Waals surface area contributed by atoms with E-state index in [4.69, 9.17) is 0 Å². The molecular weight excluding hydrogens is 273 g/mol. The van der Waals surface area contributed by atoms with Crippen LogP contribution in [0.15, 0.2) is 54.9 Å². The lowest BCUT2D eigenvalue weighted by molar-refractivity contribution is 0.102. The molecule has 0 aliphatic carbocycles. The highest BCUT2D eigenvalue weighted by atomic mass is 19.1. The van der Waals surface area contributed by atoms with Gasteiger partial charge < -0.3 is 5.32 Å². The number of carbonyl (C=O) groups excluding carboxylic acids is 1. The molecule has 0 saturated heterocycles. The average Bonchev–Trinajstić information content (AvgIpc) is 3.02. The van der Waals surface area contributed by atoms with Crippen molar-refractivity contribution < 1.29 is 9.18 Å². The SMILES string of the molecule is O=C(Nc1ccccc1-n1ccnn1)c1cccc(F)n1. The minimum absolute atomic E-state index is 0.00314. The summed E-state index contributed by atoms with van der Waals surface area (Å²) in [6.45, 7) is 0. The maximum Gasteiger partial charge on any atom is 0.274 e. The van der Waals surface area contributed by atoms with Crippen molar-refractivity contribution in [2.45, 2.75) is 0 Å². The monoisotopic (exact) mass is 283 g/mol. The number of amides is 1. The van der Waals surface area contributed by atoms with E-state index >= 15 is 0 Å². The van der Waals surface area contributed by atoms with Gasteiger partial charge in [-0.15, -0.1) is 5.10 Å². The second kappa shape index (κ2) is 5.49. The number of nitrogens with zero attached hydrogens (tertiary/aromatic N) is 4. The highest BCUT2D eigenvalue weighted by Gasteiger charge is 2.12. The zero-order valence-electron chi connectivity index (χ0n) is 10.8. The Morgan fingerprint density at radius 1 is 1.14 bits per heavy atom. The number of anilines is 1. The molecule has 2 heterocycles. The molecule has 0 saturated carbocycles. The van der Waals surface area contributed by atoms with Gasteiger partial charge in [0.15, 0.2) is 0 Å². The van der Waals surface area contributed by atoms with Crippen LogP contribution in [0, 0.1) is 5.95 Å². The van der Waals surface area contributed by atoms with Crippen molar-refractivity contribution in [1.29, 1.82) is 0 Å². The van der Waals surface area contributed by atoms with Crippen molar-refractivity contribution in [3.63, 3.8) is 0 Å². The predicted octanol–water partition coefficient (Wildman–Crippen LogP) is 2.05. The number of pyridine rings is 1. The molecule has 2 aromatic heterocycles. The topological polar surface area (TPSA) is 72.7 Å². The molecule has 0 radical (unpaired) electrons. The third kappa shape index (κ3) is 2.76. The lowest BCUT2D eigenvalue weighted by Crippen LogP contribution is -2.15. The van der Waals surface area contributed by atoms with E-state index in [1.54, 1.807) is 24.4 Å². The van der Waals surface area contributed by atoms with E-state index in [2.05, 4.69) is 20.6 Å². The molecule has 3 aromatic rings. The number of para-hydroxylation sites is 2. The van der Waals surface area contributed by atoms with E-state index in [1.807, 2.05) is 6.07 Å². The maximum absolute atomic E-state index is 13.1. The Bertz CT molecular complexity index is 773. The number of nitrogens with one attached hydrogen (secondary N) is 1. The number of rotatable bonds is 3. The number of hydrogen-bond donors (Lipinski definition) is 1. The third-order valence-corrected chi connectivity index (χ3v) is 2.77. The Balaban J connectivity index is 1.90. The molecule has 0 unspecified atom stereocenters. The Hall–Kier alpha value is -3.09. The summed E-state index contributed by atoms with van der Waals surface area (Å²) < 4.78 is 14.6. The first-order chi connectivity index (χ1) is 10.2. The first-order valence-corrected chi connectivity index (χ1v) is 6.14. The quantitative estimate of drug-likeness (QED) is 0.747. The second-order valence-corrected chi connectivity index (χ2v) is 4.16. The normalized spacial score (nSPS) is 10.3. The van der Waals surface area contributed by atoms with Crippen molar-refractivity contribution in [1.82, 2.24) is 20.0 Å². The lowest BCUT2D eigenvalue weighted by Gasteiger charge is -2.10. The van der Waals surface area contributed by atoms with Crippen LogP contribution in [0.2, 0.25) is 0 Å². The highest BCUT2D eigenvalue weighted by Crippen LogP contribution is 2.19. The van der Waals surface area contributed by atoms with Crippen LogP contribution in [0.4, 0.5) is 10.1 Å². The molecule has 0 spiro atoms. The molecule has 0 fully saturated rings. The van der Waals surface area contributed by atoms with Crippen LogP contribution >= 0.6 is 0 Å². The summed E-state index contributed by atoms with van der Waals surface area (Å²) in [5.41, 5.74) is 1.18. The summed E-state index contributed by atoms with van der Waals surface area (Å²) in [4.78, 5) is 15.7. The Labute approximate surface area is 119 Å². The van der Waals surface area contributed by atoms with Gasteiger partial charge in [0.1, 0.15) is 5.69 Å². The highest BCUT2D eigenvalue weighted by molar-refractivity contribution is 6.03. The van der Waals surface area contributed by atoms with Crippen molar-refractivity contribution in [3.05, 3.63) is 66.5 Å². The van der Waals surface area contributed by atoms with Crippen molar-refractivity contribution >= 4 is 11.6 Å². The first kappa shape index (κ1) is 12.9. The van der Waals surface area contributed by atoms with Gasteiger partial charge in [-0.25, -0.2) is 9.67 Å². The largest absolute Gasteiger partial charge is 0.319 e. The summed E-state index contributed by atoms with van der Waals surface area (Å²) in [6.07, 6.45) is 3.19. The van der Waals surface area contributed by atoms with Crippen molar-refractivity contribution in [2.75, 3.05) is 5.32 Å². The fraction of sp³-hybridized carbons (Fsp3) is 0. The summed E-state index contributed by atoms with van der Waals surface area (Å²) in [7, 11) is 0. The van der Waals surface area contributed by atoms with Crippen LogP contribution in [0.25, 0.3) is 5.69 Å². The Kier molecular flexibility index (Phi) is 3.38. The molecule has 1 amide bonds. The summed E-state index contributed by atoms with van der Waals surface area (Å²) in [6, 6.07) is 11.1. The lowest BCUT2D eigenvalue weighted by atomic mass is 10.2. The minimum Gasteiger partial charge on any atom is -0.319 e. The minimum atomic E-state index is -0.702. The molecule has 7 heteroatoms. The zero-order valence-corrected chi connectivity index (χ0v) is 10.8. The van der Waals surface area contributed by atoms with E-state index in [9.17, 15) is 9.18 Å². The fourth-order valence-corrected chi connectivity index (χ4v) is 1.84. The molecular formula is C14H10FN5O. The van der Waals surface area contributed by atoms with Gasteiger partial charge in [-0.3, -0.25) is 4.79 Å². The van der Waals surface area contributed by atoms with Crippen LogP contribution in [-0.2, 0) is 0 Å². The molecule has 0 atom stereocenters. The van der Waals surface area contributed by atoms with Crippen LogP contribution in [-0.4, -0.2) is 25.9 Å². The van der Waals surface area contributed by atoms with Gasteiger partial charge in [-0.1, -0.05) is 23.4 Å². The second-order valence-electron chi connectivity index (χ2n) is 4.16.